The molecule has 2 aromatic rings. The van der Waals surface area contributed by atoms with Crippen LogP contribution in [0.15, 0.2) is 48.5 Å². The number of fused-ring (bicyclic) bond motifs is 1. The fourth-order valence-corrected chi connectivity index (χ4v) is 2.92. The molecule has 0 aromatic heterocycles. The molecule has 2 aromatic carbocycles. The number of nitrogens with zero attached hydrogens (tertiary/aromatic N) is 1. The smallest absolute Gasteiger partial charge is 0.261 e. The monoisotopic (exact) mass is 338 g/mol. The number of imide groups is 1. The van der Waals surface area contributed by atoms with Gasteiger partial charge in [0, 0.05) is 12.2 Å². The zero-order chi connectivity index (χ0) is 17.6. The third-order valence-electron chi connectivity index (χ3n) is 4.30. The van der Waals surface area contributed by atoms with E-state index in [0.29, 0.717) is 24.3 Å². The molecule has 0 saturated carbocycles. The van der Waals surface area contributed by atoms with E-state index in [1.165, 1.54) is 4.90 Å². The highest BCUT2D eigenvalue weighted by molar-refractivity contribution is 6.21. The summed E-state index contributed by atoms with van der Waals surface area (Å²) >= 11 is 0. The Balaban J connectivity index is 1.33. The molecule has 2 N–H and O–H groups in total. The van der Waals surface area contributed by atoms with Crippen molar-refractivity contribution in [3.63, 3.8) is 0 Å². The molecule has 0 radical (unpaired) electrons. The lowest BCUT2D eigenvalue weighted by molar-refractivity contribution is 0.0651. The van der Waals surface area contributed by atoms with Gasteiger partial charge < -0.3 is 10.5 Å². The van der Waals surface area contributed by atoms with Gasteiger partial charge in [-0.1, -0.05) is 25.0 Å². The van der Waals surface area contributed by atoms with Gasteiger partial charge in [0.1, 0.15) is 5.75 Å². The highest BCUT2D eigenvalue weighted by Crippen LogP contribution is 2.22. The van der Waals surface area contributed by atoms with Crippen LogP contribution in [0.5, 0.6) is 5.75 Å². The van der Waals surface area contributed by atoms with Crippen molar-refractivity contribution >= 4 is 17.5 Å². The van der Waals surface area contributed by atoms with Crippen LogP contribution < -0.4 is 10.5 Å². The maximum atomic E-state index is 12.2. The number of carbonyl (C=O) groups excluding carboxylic acids is 2. The van der Waals surface area contributed by atoms with Crippen molar-refractivity contribution in [2.75, 3.05) is 18.9 Å². The van der Waals surface area contributed by atoms with Crippen molar-refractivity contribution in [3.05, 3.63) is 59.7 Å². The van der Waals surface area contributed by atoms with Gasteiger partial charge in [-0.25, -0.2) is 0 Å². The minimum absolute atomic E-state index is 0.174. The summed E-state index contributed by atoms with van der Waals surface area (Å²) in [6, 6.07) is 14.3. The number of amides is 2. The first kappa shape index (κ1) is 17.0. The second-order valence-corrected chi connectivity index (χ2v) is 6.14. The number of nitrogens with two attached hydrogens (primary N) is 1. The molecule has 2 amide bonds. The van der Waals surface area contributed by atoms with E-state index in [4.69, 9.17) is 10.5 Å². The van der Waals surface area contributed by atoms with E-state index < -0.39 is 0 Å². The maximum absolute atomic E-state index is 12.2. The molecule has 1 aliphatic rings. The molecular formula is C20H22N2O3. The predicted molar refractivity (Wildman–Crippen MR) is 96.6 cm³/mol. The zero-order valence-electron chi connectivity index (χ0n) is 14.1. The van der Waals surface area contributed by atoms with Gasteiger partial charge in [-0.3, -0.25) is 14.5 Å². The number of hydrogen-bond donors (Lipinski definition) is 1. The second kappa shape index (κ2) is 7.83. The summed E-state index contributed by atoms with van der Waals surface area (Å²) in [4.78, 5) is 25.8. The molecule has 1 aliphatic heterocycles. The van der Waals surface area contributed by atoms with E-state index in [0.717, 1.165) is 37.1 Å². The van der Waals surface area contributed by atoms with Gasteiger partial charge >= 0.3 is 0 Å². The van der Waals surface area contributed by atoms with Crippen LogP contribution >= 0.6 is 0 Å². The van der Waals surface area contributed by atoms with Gasteiger partial charge in [-0.2, -0.15) is 0 Å². The van der Waals surface area contributed by atoms with Gasteiger partial charge in [0.15, 0.2) is 0 Å². The standard InChI is InChI=1S/C20H22N2O3/c21-15-9-11-16(12-10-15)25-14-6-2-1-5-13-22-19(23)17-7-3-4-8-18(17)20(22)24/h3-4,7-12H,1-2,5-6,13-14,21H2. The van der Waals surface area contributed by atoms with Gasteiger partial charge in [0.25, 0.3) is 11.8 Å². The summed E-state index contributed by atoms with van der Waals surface area (Å²) in [6.45, 7) is 1.13. The molecule has 0 fully saturated rings. The first-order chi connectivity index (χ1) is 12.2. The van der Waals surface area contributed by atoms with E-state index in [2.05, 4.69) is 0 Å². The lowest BCUT2D eigenvalue weighted by atomic mass is 10.1. The summed E-state index contributed by atoms with van der Waals surface area (Å²) < 4.78 is 5.64. The molecule has 25 heavy (non-hydrogen) atoms. The van der Waals surface area contributed by atoms with Crippen LogP contribution in [0.2, 0.25) is 0 Å². The fraction of sp³-hybridized carbons (Fsp3) is 0.300. The number of ether oxygens (including phenoxy) is 1. The summed E-state index contributed by atoms with van der Waals surface area (Å²) in [7, 11) is 0. The lowest BCUT2D eigenvalue weighted by Crippen LogP contribution is -2.30. The fourth-order valence-electron chi connectivity index (χ4n) is 2.92. The van der Waals surface area contributed by atoms with Crippen LogP contribution in [0, 0.1) is 0 Å². The van der Waals surface area contributed by atoms with Gasteiger partial charge in [0.05, 0.1) is 17.7 Å². The Hall–Kier alpha value is -2.82. The predicted octanol–water partition coefficient (Wildman–Crippen LogP) is 3.50. The molecule has 3 rings (SSSR count). The molecule has 130 valence electrons. The molecule has 0 aliphatic carbocycles. The first-order valence-electron chi connectivity index (χ1n) is 8.60. The van der Waals surface area contributed by atoms with Gasteiger partial charge in [-0.05, 0) is 49.2 Å². The highest BCUT2D eigenvalue weighted by atomic mass is 16.5. The van der Waals surface area contributed by atoms with Gasteiger partial charge in [-0.15, -0.1) is 0 Å². The number of rotatable bonds is 8. The summed E-state index contributed by atoms with van der Waals surface area (Å²) in [5, 5.41) is 0. The zero-order valence-corrected chi connectivity index (χ0v) is 14.1. The molecule has 0 bridgehead atoms. The molecule has 0 spiro atoms. The number of nitrogen functional groups attached to an aromatic ring is 1. The molecule has 5 heteroatoms. The van der Waals surface area contributed by atoms with Crippen molar-refractivity contribution in [1.82, 2.24) is 4.90 Å². The van der Waals surface area contributed by atoms with Crippen LogP contribution in [0.25, 0.3) is 0 Å². The van der Waals surface area contributed by atoms with Gasteiger partial charge in [0.2, 0.25) is 0 Å². The number of carbonyl (C=O) groups is 2. The largest absolute Gasteiger partial charge is 0.494 e. The molecule has 0 atom stereocenters. The van der Waals surface area contributed by atoms with Crippen molar-refractivity contribution in [2.45, 2.75) is 25.7 Å². The van der Waals surface area contributed by atoms with Crippen molar-refractivity contribution in [1.29, 1.82) is 0 Å². The Kier molecular flexibility index (Phi) is 5.33. The topological polar surface area (TPSA) is 72.6 Å². The number of anilines is 1. The molecule has 0 saturated heterocycles. The minimum atomic E-state index is -0.174. The molecule has 1 heterocycles. The van der Waals surface area contributed by atoms with Crippen LogP contribution in [0.3, 0.4) is 0 Å². The average Bonchev–Trinajstić information content (AvgIpc) is 2.87. The number of benzene rings is 2. The van der Waals surface area contributed by atoms with Crippen molar-refractivity contribution in [3.8, 4) is 5.75 Å². The Labute approximate surface area is 147 Å². The Morgan fingerprint density at radius 1 is 0.800 bits per heavy atom. The Bertz CT molecular complexity index is 721. The quantitative estimate of drug-likeness (QED) is 0.454. The van der Waals surface area contributed by atoms with Crippen molar-refractivity contribution < 1.29 is 14.3 Å². The van der Waals surface area contributed by atoms with Crippen LogP contribution in [-0.2, 0) is 0 Å². The van der Waals surface area contributed by atoms with E-state index in [9.17, 15) is 9.59 Å². The van der Waals surface area contributed by atoms with E-state index in [1.807, 2.05) is 24.3 Å². The SMILES string of the molecule is Nc1ccc(OCCCCCCN2C(=O)c3ccccc3C2=O)cc1. The van der Waals surface area contributed by atoms with Crippen LogP contribution in [-0.4, -0.2) is 29.9 Å². The summed E-state index contributed by atoms with van der Waals surface area (Å²) in [5.41, 5.74) is 7.39. The van der Waals surface area contributed by atoms with E-state index in [1.54, 1.807) is 24.3 Å². The average molecular weight is 338 g/mol. The Morgan fingerprint density at radius 3 is 2.04 bits per heavy atom. The Morgan fingerprint density at radius 2 is 1.40 bits per heavy atom. The first-order valence-corrected chi connectivity index (χ1v) is 8.60. The third kappa shape index (κ3) is 3.99. The van der Waals surface area contributed by atoms with Crippen molar-refractivity contribution in [2.24, 2.45) is 0 Å². The maximum Gasteiger partial charge on any atom is 0.261 e. The molecular weight excluding hydrogens is 316 g/mol. The second-order valence-electron chi connectivity index (χ2n) is 6.14. The molecule has 0 unspecified atom stereocenters. The number of unbranched alkanes of at least 4 members (excludes halogenated alkanes) is 3. The summed E-state index contributed by atoms with van der Waals surface area (Å²) in [5.74, 6) is 0.472. The van der Waals surface area contributed by atoms with E-state index >= 15 is 0 Å². The van der Waals surface area contributed by atoms with E-state index in [-0.39, 0.29) is 11.8 Å². The summed E-state index contributed by atoms with van der Waals surface area (Å²) in [6.07, 6.45) is 3.70. The molecule has 5 nitrogen and oxygen atoms in total. The normalized spacial score (nSPS) is 13.2. The highest BCUT2D eigenvalue weighted by Gasteiger charge is 2.34. The lowest BCUT2D eigenvalue weighted by Gasteiger charge is -2.13. The van der Waals surface area contributed by atoms with Crippen LogP contribution in [0.1, 0.15) is 46.4 Å². The van der Waals surface area contributed by atoms with Crippen LogP contribution in [0.4, 0.5) is 5.69 Å². The minimum Gasteiger partial charge on any atom is -0.494 e. The number of hydrogen-bond acceptors (Lipinski definition) is 4. The third-order valence-corrected chi connectivity index (χ3v) is 4.30.